The van der Waals surface area contributed by atoms with Crippen LogP contribution in [0.5, 0.6) is 0 Å². The second-order valence-corrected chi connectivity index (χ2v) is 5.14. The molecule has 102 valence electrons. The Labute approximate surface area is 118 Å². The number of aryl methyl sites for hydroxylation is 1. The Morgan fingerprint density at radius 2 is 1.95 bits per heavy atom. The SMILES string of the molecule is CCc1nccn1-c1nc(C(C)C)nc2ccccc12. The molecule has 4 nitrogen and oxygen atoms in total. The van der Waals surface area contributed by atoms with Crippen LogP contribution in [0, 0.1) is 0 Å². The van der Waals surface area contributed by atoms with Crippen molar-refractivity contribution in [2.75, 3.05) is 0 Å². The molecule has 20 heavy (non-hydrogen) atoms. The maximum Gasteiger partial charge on any atom is 0.149 e. The summed E-state index contributed by atoms with van der Waals surface area (Å²) in [5.74, 6) is 3.11. The summed E-state index contributed by atoms with van der Waals surface area (Å²) in [5, 5.41) is 1.06. The number of nitrogens with zero attached hydrogens (tertiary/aromatic N) is 4. The van der Waals surface area contributed by atoms with Crippen LogP contribution in [0.2, 0.25) is 0 Å². The lowest BCUT2D eigenvalue weighted by Gasteiger charge is -2.12. The zero-order valence-corrected chi connectivity index (χ0v) is 12.0. The molecule has 0 aliphatic rings. The zero-order chi connectivity index (χ0) is 14.1. The van der Waals surface area contributed by atoms with Gasteiger partial charge in [-0.2, -0.15) is 0 Å². The van der Waals surface area contributed by atoms with Crippen LogP contribution in [0.25, 0.3) is 16.7 Å². The van der Waals surface area contributed by atoms with E-state index in [9.17, 15) is 0 Å². The van der Waals surface area contributed by atoms with E-state index in [1.54, 1.807) is 0 Å². The Balaban J connectivity index is 2.33. The Morgan fingerprint density at radius 3 is 2.70 bits per heavy atom. The average Bonchev–Trinajstić information content (AvgIpc) is 2.94. The first-order chi connectivity index (χ1) is 9.70. The van der Waals surface area contributed by atoms with Crippen molar-refractivity contribution in [2.24, 2.45) is 0 Å². The van der Waals surface area contributed by atoms with Crippen LogP contribution in [-0.4, -0.2) is 19.5 Å². The van der Waals surface area contributed by atoms with Crippen LogP contribution in [0.3, 0.4) is 0 Å². The fourth-order valence-corrected chi connectivity index (χ4v) is 2.31. The third kappa shape index (κ3) is 2.07. The van der Waals surface area contributed by atoms with E-state index in [-0.39, 0.29) is 0 Å². The van der Waals surface area contributed by atoms with Crippen molar-refractivity contribution in [3.63, 3.8) is 0 Å². The van der Waals surface area contributed by atoms with E-state index in [1.807, 2.05) is 30.6 Å². The number of hydrogen-bond donors (Lipinski definition) is 0. The summed E-state index contributed by atoms with van der Waals surface area (Å²) in [7, 11) is 0. The highest BCUT2D eigenvalue weighted by atomic mass is 15.1. The van der Waals surface area contributed by atoms with Crippen molar-refractivity contribution in [2.45, 2.75) is 33.1 Å². The van der Waals surface area contributed by atoms with Crippen LogP contribution in [0.4, 0.5) is 0 Å². The molecule has 0 atom stereocenters. The standard InChI is InChI=1S/C16H18N4/c1-4-14-17-9-10-20(14)16-12-7-5-6-8-13(12)18-15(19-16)11(2)3/h5-11H,4H2,1-3H3. The van der Waals surface area contributed by atoms with Crippen molar-refractivity contribution >= 4 is 10.9 Å². The minimum atomic E-state index is 0.298. The zero-order valence-electron chi connectivity index (χ0n) is 12.0. The second-order valence-electron chi connectivity index (χ2n) is 5.14. The van der Waals surface area contributed by atoms with Gasteiger partial charge in [-0.1, -0.05) is 32.9 Å². The minimum Gasteiger partial charge on any atom is -0.287 e. The van der Waals surface area contributed by atoms with Gasteiger partial charge in [-0.05, 0) is 12.1 Å². The quantitative estimate of drug-likeness (QED) is 0.728. The Morgan fingerprint density at radius 1 is 1.15 bits per heavy atom. The van der Waals surface area contributed by atoms with Crippen molar-refractivity contribution in [1.29, 1.82) is 0 Å². The summed E-state index contributed by atoms with van der Waals surface area (Å²) in [6.45, 7) is 6.33. The Kier molecular flexibility index (Phi) is 3.22. The lowest BCUT2D eigenvalue weighted by Crippen LogP contribution is -2.07. The number of benzene rings is 1. The summed E-state index contributed by atoms with van der Waals surface area (Å²) in [6, 6.07) is 8.13. The molecular weight excluding hydrogens is 248 g/mol. The number of aromatic nitrogens is 4. The monoisotopic (exact) mass is 266 g/mol. The highest BCUT2D eigenvalue weighted by Gasteiger charge is 2.13. The number of fused-ring (bicyclic) bond motifs is 1. The van der Waals surface area contributed by atoms with Crippen molar-refractivity contribution in [1.82, 2.24) is 19.5 Å². The summed E-state index contributed by atoms with van der Waals surface area (Å²) < 4.78 is 2.07. The fourth-order valence-electron chi connectivity index (χ4n) is 2.31. The molecule has 1 aromatic carbocycles. The molecule has 0 saturated carbocycles. The van der Waals surface area contributed by atoms with E-state index in [0.29, 0.717) is 5.92 Å². The summed E-state index contributed by atoms with van der Waals surface area (Å²) in [4.78, 5) is 13.8. The first-order valence-electron chi connectivity index (χ1n) is 7.00. The molecule has 0 amide bonds. The molecule has 3 rings (SSSR count). The van der Waals surface area contributed by atoms with Crippen molar-refractivity contribution in [3.8, 4) is 5.82 Å². The summed E-state index contributed by atoms with van der Waals surface area (Å²) in [5.41, 5.74) is 0.983. The number of para-hydroxylation sites is 1. The van der Waals surface area contributed by atoms with E-state index in [4.69, 9.17) is 4.98 Å². The predicted molar refractivity (Wildman–Crippen MR) is 80.1 cm³/mol. The number of rotatable bonds is 3. The molecule has 0 fully saturated rings. The van der Waals surface area contributed by atoms with Gasteiger partial charge in [-0.15, -0.1) is 0 Å². The fraction of sp³-hybridized carbons (Fsp3) is 0.312. The molecule has 0 spiro atoms. The van der Waals surface area contributed by atoms with Crippen molar-refractivity contribution in [3.05, 3.63) is 48.3 Å². The maximum absolute atomic E-state index is 4.76. The molecule has 0 N–H and O–H groups in total. The molecule has 0 radical (unpaired) electrons. The second kappa shape index (κ2) is 5.04. The summed E-state index contributed by atoms with van der Waals surface area (Å²) in [6.07, 6.45) is 4.67. The predicted octanol–water partition coefficient (Wildman–Crippen LogP) is 3.50. The smallest absolute Gasteiger partial charge is 0.149 e. The van der Waals surface area contributed by atoms with Gasteiger partial charge < -0.3 is 0 Å². The lowest BCUT2D eigenvalue weighted by atomic mass is 10.1. The van der Waals surface area contributed by atoms with Crippen LogP contribution in [0.15, 0.2) is 36.7 Å². The molecule has 2 aromatic heterocycles. The Hall–Kier alpha value is -2.23. The third-order valence-corrected chi connectivity index (χ3v) is 3.38. The highest BCUT2D eigenvalue weighted by Crippen LogP contribution is 2.23. The molecular formula is C16H18N4. The van der Waals surface area contributed by atoms with Gasteiger partial charge in [0.25, 0.3) is 0 Å². The molecule has 3 aromatic rings. The van der Waals surface area contributed by atoms with Gasteiger partial charge >= 0.3 is 0 Å². The molecule has 0 bridgehead atoms. The molecule has 4 heteroatoms. The third-order valence-electron chi connectivity index (χ3n) is 3.38. The van der Waals surface area contributed by atoms with Crippen LogP contribution in [0.1, 0.15) is 38.3 Å². The van der Waals surface area contributed by atoms with Crippen LogP contribution < -0.4 is 0 Å². The van der Waals surface area contributed by atoms with Gasteiger partial charge in [0.2, 0.25) is 0 Å². The van der Waals surface area contributed by atoms with Gasteiger partial charge in [0.1, 0.15) is 17.5 Å². The van der Waals surface area contributed by atoms with E-state index in [0.717, 1.165) is 34.8 Å². The van der Waals surface area contributed by atoms with Gasteiger partial charge in [0.15, 0.2) is 0 Å². The van der Waals surface area contributed by atoms with Crippen molar-refractivity contribution < 1.29 is 0 Å². The number of hydrogen-bond acceptors (Lipinski definition) is 3. The molecule has 0 unspecified atom stereocenters. The summed E-state index contributed by atoms with van der Waals surface area (Å²) >= 11 is 0. The first kappa shape index (κ1) is 12.8. The molecule has 0 aliphatic carbocycles. The lowest BCUT2D eigenvalue weighted by molar-refractivity contribution is 0.765. The molecule has 0 aliphatic heterocycles. The van der Waals surface area contributed by atoms with E-state index < -0.39 is 0 Å². The molecule has 2 heterocycles. The van der Waals surface area contributed by atoms with E-state index in [1.165, 1.54) is 0 Å². The topological polar surface area (TPSA) is 43.6 Å². The van der Waals surface area contributed by atoms with E-state index >= 15 is 0 Å². The minimum absolute atomic E-state index is 0.298. The number of imidazole rings is 1. The normalized spacial score (nSPS) is 11.4. The average molecular weight is 266 g/mol. The van der Waals surface area contributed by atoms with E-state index in [2.05, 4.69) is 41.4 Å². The molecule has 0 saturated heterocycles. The van der Waals surface area contributed by atoms with Gasteiger partial charge in [-0.3, -0.25) is 4.57 Å². The Bertz CT molecular complexity index is 743. The van der Waals surface area contributed by atoms with Gasteiger partial charge in [0.05, 0.1) is 5.52 Å². The van der Waals surface area contributed by atoms with Crippen LogP contribution >= 0.6 is 0 Å². The van der Waals surface area contributed by atoms with Gasteiger partial charge in [-0.25, -0.2) is 15.0 Å². The first-order valence-corrected chi connectivity index (χ1v) is 7.00. The maximum atomic E-state index is 4.76. The largest absolute Gasteiger partial charge is 0.287 e. The van der Waals surface area contributed by atoms with Crippen LogP contribution in [-0.2, 0) is 6.42 Å². The van der Waals surface area contributed by atoms with Gasteiger partial charge in [0, 0.05) is 30.1 Å². The highest BCUT2D eigenvalue weighted by molar-refractivity contribution is 5.85.